The second-order valence-electron chi connectivity index (χ2n) is 12.9. The second-order valence-corrected chi connectivity index (χ2v) is 12.9. The zero-order valence-corrected chi connectivity index (χ0v) is 29.1. The Bertz CT molecular complexity index is 1510. The van der Waals surface area contributed by atoms with Crippen LogP contribution in [0.1, 0.15) is 130 Å². The summed E-state index contributed by atoms with van der Waals surface area (Å²) < 4.78 is 21.3. The molecule has 0 unspecified atom stereocenters. The first-order chi connectivity index (χ1) is 23.4. The summed E-state index contributed by atoms with van der Waals surface area (Å²) in [4.78, 5) is 52.2. The molecule has 1 aliphatic rings. The van der Waals surface area contributed by atoms with Gasteiger partial charge < -0.3 is 47.6 Å². The Hall–Kier alpha value is -4.68. The van der Waals surface area contributed by atoms with E-state index in [0.717, 1.165) is 38.5 Å². The smallest absolute Gasteiger partial charge is 0.423 e. The molecule has 3 rings (SSSR count). The van der Waals surface area contributed by atoms with Crippen LogP contribution in [0.25, 0.3) is 0 Å². The molecule has 0 aromatic heterocycles. The molecule has 2 aromatic rings. The van der Waals surface area contributed by atoms with E-state index in [9.17, 15) is 19.2 Å². The minimum Gasteiger partial charge on any atom is -0.462 e. The van der Waals surface area contributed by atoms with E-state index in [1.54, 1.807) is 6.92 Å². The molecule has 0 radical (unpaired) electrons. The van der Waals surface area contributed by atoms with E-state index in [1.807, 2.05) is 0 Å². The molecule has 13 heteroatoms. The van der Waals surface area contributed by atoms with Crippen molar-refractivity contribution in [2.45, 2.75) is 111 Å². The first kappa shape index (κ1) is 38.8. The summed E-state index contributed by atoms with van der Waals surface area (Å²) in [5.74, 6) is -5.95. The lowest BCUT2D eigenvalue weighted by Gasteiger charge is -2.17. The number of carbonyl (C=O) groups excluding carboxylic acids is 4. The van der Waals surface area contributed by atoms with E-state index in [-0.39, 0.29) is 47.2 Å². The molecule has 0 spiro atoms. The van der Waals surface area contributed by atoms with Gasteiger partial charge in [0.05, 0.1) is 41.7 Å². The fourth-order valence-electron chi connectivity index (χ4n) is 5.73. The van der Waals surface area contributed by atoms with Crippen LogP contribution in [0, 0.1) is 12.3 Å². The zero-order valence-electron chi connectivity index (χ0n) is 29.1. The fourth-order valence-corrected chi connectivity index (χ4v) is 5.73. The van der Waals surface area contributed by atoms with Crippen molar-refractivity contribution in [3.63, 3.8) is 0 Å². The van der Waals surface area contributed by atoms with Crippen LogP contribution in [-0.4, -0.2) is 37.1 Å². The molecule has 0 heterocycles. The standard InChI is InChI=1S/C36H53N5O8/c1-4-6-7-8-9-10-11-13-18-46-33(43)27-29(41)23(37)21-25(39)31(27)49-35(45)34(44)48-30-24(38)20-22(3)28(40)26(30)32(42)47-19-14-12-15-36(5-2)16-17-36/h20-21H,4-19,37-41H2,1-3H3. The lowest BCUT2D eigenvalue weighted by Crippen LogP contribution is -2.28. The number of hydrogen-bond donors (Lipinski definition) is 5. The largest absolute Gasteiger partial charge is 0.462 e. The molecule has 2 aromatic carbocycles. The molecule has 0 amide bonds. The van der Waals surface area contributed by atoms with Gasteiger partial charge in [-0.2, -0.15) is 0 Å². The third-order valence-electron chi connectivity index (χ3n) is 9.17. The maximum Gasteiger partial charge on any atom is 0.423 e. The minimum absolute atomic E-state index is 0.0321. The summed E-state index contributed by atoms with van der Waals surface area (Å²) in [6.07, 6.45) is 14.5. The van der Waals surface area contributed by atoms with Crippen molar-refractivity contribution in [3.8, 4) is 11.5 Å². The van der Waals surface area contributed by atoms with Gasteiger partial charge in [-0.15, -0.1) is 0 Å². The molecule has 13 nitrogen and oxygen atoms in total. The summed E-state index contributed by atoms with van der Waals surface area (Å²) in [6.45, 7) is 6.18. The van der Waals surface area contributed by atoms with Crippen LogP contribution in [0.2, 0.25) is 0 Å². The summed E-state index contributed by atoms with van der Waals surface area (Å²) in [6, 6.07) is 2.57. The first-order valence-corrected chi connectivity index (χ1v) is 17.3. The Labute approximate surface area is 288 Å². The van der Waals surface area contributed by atoms with Crippen molar-refractivity contribution in [2.75, 3.05) is 41.9 Å². The Morgan fingerprint density at radius 1 is 0.633 bits per heavy atom. The number of nitrogens with two attached hydrogens (primary N) is 5. The van der Waals surface area contributed by atoms with E-state index < -0.39 is 40.9 Å². The number of esters is 4. The normalized spacial score (nSPS) is 13.0. The van der Waals surface area contributed by atoms with E-state index in [1.165, 1.54) is 50.7 Å². The number of unbranched alkanes of at least 4 members (excludes halogenated alkanes) is 8. The highest BCUT2D eigenvalue weighted by atomic mass is 16.6. The van der Waals surface area contributed by atoms with Crippen LogP contribution in [0.15, 0.2) is 12.1 Å². The van der Waals surface area contributed by atoms with Crippen molar-refractivity contribution in [1.29, 1.82) is 0 Å². The third kappa shape index (κ3) is 10.7. The molecule has 270 valence electrons. The SMILES string of the molecule is CCCCCCCCCCOC(=O)c1c(N)c(N)cc(N)c1OC(=O)C(=O)Oc1c(N)cc(C)c(N)c1C(=O)OCCCCC1(CC)CC1. The van der Waals surface area contributed by atoms with Gasteiger partial charge in [-0.25, -0.2) is 19.2 Å². The summed E-state index contributed by atoms with van der Waals surface area (Å²) in [5.41, 5.74) is 29.7. The van der Waals surface area contributed by atoms with Gasteiger partial charge >= 0.3 is 23.9 Å². The Morgan fingerprint density at radius 2 is 1.10 bits per heavy atom. The van der Waals surface area contributed by atoms with Crippen molar-refractivity contribution in [1.82, 2.24) is 0 Å². The number of rotatable bonds is 19. The third-order valence-corrected chi connectivity index (χ3v) is 9.17. The molecule has 1 saturated carbocycles. The van der Waals surface area contributed by atoms with Crippen molar-refractivity contribution in [3.05, 3.63) is 28.8 Å². The van der Waals surface area contributed by atoms with E-state index in [4.69, 9.17) is 47.6 Å². The van der Waals surface area contributed by atoms with Gasteiger partial charge in [-0.3, -0.25) is 0 Å². The Balaban J connectivity index is 1.67. The minimum atomic E-state index is -1.59. The van der Waals surface area contributed by atoms with E-state index in [0.29, 0.717) is 23.8 Å². The van der Waals surface area contributed by atoms with Crippen LogP contribution < -0.4 is 38.1 Å². The van der Waals surface area contributed by atoms with E-state index in [2.05, 4.69) is 13.8 Å². The topological polar surface area (TPSA) is 235 Å². The maximum absolute atomic E-state index is 13.1. The van der Waals surface area contributed by atoms with Gasteiger partial charge in [0.15, 0.2) is 11.5 Å². The average molecular weight is 684 g/mol. The highest BCUT2D eigenvalue weighted by Gasteiger charge is 2.39. The van der Waals surface area contributed by atoms with Crippen LogP contribution >= 0.6 is 0 Å². The van der Waals surface area contributed by atoms with Gasteiger partial charge in [-0.05, 0) is 68.6 Å². The van der Waals surface area contributed by atoms with Crippen LogP contribution in [-0.2, 0) is 19.1 Å². The lowest BCUT2D eigenvalue weighted by atomic mass is 9.96. The maximum atomic E-state index is 13.1. The molecule has 1 aliphatic carbocycles. The molecule has 0 saturated heterocycles. The van der Waals surface area contributed by atoms with Gasteiger partial charge in [0, 0.05) is 0 Å². The molecule has 0 bridgehead atoms. The number of anilines is 5. The predicted octanol–water partition coefficient (Wildman–Crippen LogP) is 6.23. The number of ether oxygens (including phenoxy) is 4. The summed E-state index contributed by atoms with van der Waals surface area (Å²) in [7, 11) is 0. The van der Waals surface area contributed by atoms with Gasteiger partial charge in [-0.1, -0.05) is 65.2 Å². The quantitative estimate of drug-likeness (QED) is 0.0363. The monoisotopic (exact) mass is 683 g/mol. The van der Waals surface area contributed by atoms with Crippen LogP contribution in [0.4, 0.5) is 28.4 Å². The van der Waals surface area contributed by atoms with E-state index >= 15 is 0 Å². The zero-order chi connectivity index (χ0) is 36.1. The average Bonchev–Trinajstić information content (AvgIpc) is 3.85. The first-order valence-electron chi connectivity index (χ1n) is 17.3. The number of hydrogen-bond acceptors (Lipinski definition) is 13. The molecule has 1 fully saturated rings. The highest BCUT2D eigenvalue weighted by molar-refractivity contribution is 6.31. The van der Waals surface area contributed by atoms with Crippen molar-refractivity contribution >= 4 is 52.3 Å². The summed E-state index contributed by atoms with van der Waals surface area (Å²) >= 11 is 0. The van der Waals surface area contributed by atoms with Crippen LogP contribution in [0.3, 0.4) is 0 Å². The molecule has 49 heavy (non-hydrogen) atoms. The summed E-state index contributed by atoms with van der Waals surface area (Å²) in [5, 5.41) is 0. The van der Waals surface area contributed by atoms with Gasteiger partial charge in [0.25, 0.3) is 0 Å². The number of aryl methyl sites for hydroxylation is 1. The van der Waals surface area contributed by atoms with Gasteiger partial charge in [0.1, 0.15) is 11.1 Å². The molecule has 0 atom stereocenters. The van der Waals surface area contributed by atoms with Crippen molar-refractivity contribution in [2.24, 2.45) is 5.41 Å². The Morgan fingerprint density at radius 3 is 1.61 bits per heavy atom. The number of benzene rings is 2. The van der Waals surface area contributed by atoms with Crippen LogP contribution in [0.5, 0.6) is 11.5 Å². The predicted molar refractivity (Wildman–Crippen MR) is 190 cm³/mol. The second kappa shape index (κ2) is 18.2. The lowest BCUT2D eigenvalue weighted by molar-refractivity contribution is -0.156. The molecule has 0 aliphatic heterocycles. The number of nitrogen functional groups attached to an aromatic ring is 5. The van der Waals surface area contributed by atoms with Crippen molar-refractivity contribution < 1.29 is 38.1 Å². The van der Waals surface area contributed by atoms with Gasteiger partial charge in [0.2, 0.25) is 0 Å². The molecular weight excluding hydrogens is 630 g/mol. The molecular formula is C36H53N5O8. The Kier molecular flexibility index (Phi) is 14.4. The molecule has 10 N–H and O–H groups in total. The fraction of sp³-hybridized carbons (Fsp3) is 0.556. The number of carbonyl (C=O) groups is 4. The highest BCUT2D eigenvalue weighted by Crippen LogP contribution is 2.52.